The van der Waals surface area contributed by atoms with Crippen LogP contribution in [0, 0.1) is 0 Å². The predicted octanol–water partition coefficient (Wildman–Crippen LogP) is 3.20. The molecule has 1 aliphatic heterocycles. The molecule has 0 radical (unpaired) electrons. The molecule has 0 spiro atoms. The van der Waals surface area contributed by atoms with Crippen LogP contribution in [0.3, 0.4) is 0 Å². The summed E-state index contributed by atoms with van der Waals surface area (Å²) in [4.78, 5) is 18.3. The number of amides is 1. The third-order valence-electron chi connectivity index (χ3n) is 5.07. The molecular formula is C23H22N2O4S. The van der Waals surface area contributed by atoms with Crippen molar-refractivity contribution < 1.29 is 17.9 Å². The fourth-order valence-corrected chi connectivity index (χ4v) is 5.44. The number of ether oxygens (including phenoxy) is 1. The highest BCUT2D eigenvalue weighted by Gasteiger charge is 2.49. The number of carbonyl (C=O) groups is 1. The number of nitrogens with zero attached hydrogens (tertiary/aromatic N) is 2. The maximum atomic E-state index is 13.5. The Morgan fingerprint density at radius 3 is 2.17 bits per heavy atom. The van der Waals surface area contributed by atoms with Crippen LogP contribution >= 0.6 is 0 Å². The molecule has 1 fully saturated rings. The lowest BCUT2D eigenvalue weighted by molar-refractivity contribution is -0.128. The summed E-state index contributed by atoms with van der Waals surface area (Å²) >= 11 is 0. The Balaban J connectivity index is 1.66. The molecule has 0 unspecified atom stereocenters. The molecule has 2 atom stereocenters. The lowest BCUT2D eigenvalue weighted by Crippen LogP contribution is -2.43. The number of pyridine rings is 1. The van der Waals surface area contributed by atoms with Gasteiger partial charge >= 0.3 is 0 Å². The molecule has 0 aliphatic carbocycles. The van der Waals surface area contributed by atoms with Crippen molar-refractivity contribution in [2.75, 3.05) is 0 Å². The number of aromatic nitrogens is 1. The molecule has 1 aliphatic rings. The summed E-state index contributed by atoms with van der Waals surface area (Å²) in [6.45, 7) is 0.424. The number of benzene rings is 2. The number of hydrogen-bond donors (Lipinski definition) is 0. The van der Waals surface area contributed by atoms with Crippen molar-refractivity contribution in [1.29, 1.82) is 0 Å². The van der Waals surface area contributed by atoms with Crippen molar-refractivity contribution in [3.05, 3.63) is 96.2 Å². The van der Waals surface area contributed by atoms with E-state index in [2.05, 4.69) is 4.98 Å². The fraction of sp³-hybridized carbons (Fsp3) is 0.217. The van der Waals surface area contributed by atoms with E-state index in [1.54, 1.807) is 12.1 Å². The van der Waals surface area contributed by atoms with Gasteiger partial charge in [0.2, 0.25) is 15.7 Å². The van der Waals surface area contributed by atoms with Gasteiger partial charge in [0, 0.05) is 12.7 Å². The molecule has 0 bridgehead atoms. The SMILES string of the molecule is O=C1C[C@H](OCc2ccccc2)[C@@H](S(=O)(=O)c2ccccn2)N1Cc1ccccc1. The monoisotopic (exact) mass is 422 g/mol. The minimum Gasteiger partial charge on any atom is -0.370 e. The van der Waals surface area contributed by atoms with E-state index in [9.17, 15) is 13.2 Å². The zero-order valence-corrected chi connectivity index (χ0v) is 17.1. The first-order valence-electron chi connectivity index (χ1n) is 9.69. The largest absolute Gasteiger partial charge is 0.370 e. The van der Waals surface area contributed by atoms with Crippen molar-refractivity contribution in [1.82, 2.24) is 9.88 Å². The van der Waals surface area contributed by atoms with E-state index in [-0.39, 0.29) is 30.5 Å². The quantitative estimate of drug-likeness (QED) is 0.584. The highest BCUT2D eigenvalue weighted by molar-refractivity contribution is 7.92. The van der Waals surface area contributed by atoms with Gasteiger partial charge in [0.25, 0.3) is 0 Å². The van der Waals surface area contributed by atoms with Gasteiger partial charge in [-0.3, -0.25) is 4.79 Å². The summed E-state index contributed by atoms with van der Waals surface area (Å²) in [5, 5.41) is -1.19. The Morgan fingerprint density at radius 1 is 0.900 bits per heavy atom. The zero-order chi connectivity index (χ0) is 21.0. The minimum atomic E-state index is -3.93. The van der Waals surface area contributed by atoms with Gasteiger partial charge in [-0.05, 0) is 23.3 Å². The highest BCUT2D eigenvalue weighted by atomic mass is 32.2. The smallest absolute Gasteiger partial charge is 0.226 e. The van der Waals surface area contributed by atoms with Gasteiger partial charge in [-0.25, -0.2) is 13.4 Å². The lowest BCUT2D eigenvalue weighted by Gasteiger charge is -2.27. The molecule has 1 amide bonds. The van der Waals surface area contributed by atoms with Crippen LogP contribution in [-0.2, 0) is 32.5 Å². The molecule has 2 heterocycles. The number of sulfone groups is 1. The van der Waals surface area contributed by atoms with E-state index in [1.165, 1.54) is 17.2 Å². The van der Waals surface area contributed by atoms with Crippen LogP contribution in [0.1, 0.15) is 17.5 Å². The van der Waals surface area contributed by atoms with Crippen LogP contribution < -0.4 is 0 Å². The van der Waals surface area contributed by atoms with Gasteiger partial charge in [0.15, 0.2) is 10.4 Å². The molecular weight excluding hydrogens is 400 g/mol. The van der Waals surface area contributed by atoms with Crippen LogP contribution in [0.5, 0.6) is 0 Å². The van der Waals surface area contributed by atoms with Crippen LogP contribution in [0.2, 0.25) is 0 Å². The molecule has 6 nitrogen and oxygen atoms in total. The Bertz CT molecular complexity index is 1090. The molecule has 0 saturated carbocycles. The average Bonchev–Trinajstić information content (AvgIpc) is 3.10. The van der Waals surface area contributed by atoms with E-state index in [1.807, 2.05) is 60.7 Å². The summed E-state index contributed by atoms with van der Waals surface area (Å²) in [6.07, 6.45) is 0.662. The minimum absolute atomic E-state index is 0.0103. The summed E-state index contributed by atoms with van der Waals surface area (Å²) in [6, 6.07) is 23.6. The van der Waals surface area contributed by atoms with Gasteiger partial charge in [-0.2, -0.15) is 0 Å². The van der Waals surface area contributed by atoms with E-state index in [4.69, 9.17) is 4.74 Å². The number of carbonyl (C=O) groups excluding carboxylic acids is 1. The summed E-state index contributed by atoms with van der Waals surface area (Å²) in [7, 11) is -3.93. The lowest BCUT2D eigenvalue weighted by atomic mass is 10.2. The molecule has 7 heteroatoms. The van der Waals surface area contributed by atoms with Crippen LogP contribution in [-0.4, -0.2) is 35.7 Å². The van der Waals surface area contributed by atoms with Crippen LogP contribution in [0.15, 0.2) is 90.1 Å². The standard InChI is InChI=1S/C23H22N2O4S/c26-22-15-20(29-17-19-11-5-2-6-12-19)23(25(22)16-18-9-3-1-4-10-18)30(27,28)21-13-7-8-14-24-21/h1-14,20,23H,15-17H2/t20-,23+/m0/s1. The third kappa shape index (κ3) is 4.27. The molecule has 1 aromatic heterocycles. The van der Waals surface area contributed by atoms with Crippen LogP contribution in [0.4, 0.5) is 0 Å². The van der Waals surface area contributed by atoms with Gasteiger partial charge in [-0.15, -0.1) is 0 Å². The molecule has 1 saturated heterocycles. The van der Waals surface area contributed by atoms with Crippen molar-refractivity contribution >= 4 is 15.7 Å². The van der Waals surface area contributed by atoms with Gasteiger partial charge in [-0.1, -0.05) is 66.7 Å². The van der Waals surface area contributed by atoms with Gasteiger partial charge < -0.3 is 9.64 Å². The second kappa shape index (κ2) is 8.77. The second-order valence-electron chi connectivity index (χ2n) is 7.15. The van der Waals surface area contributed by atoms with E-state index in [0.717, 1.165) is 11.1 Å². The maximum Gasteiger partial charge on any atom is 0.226 e. The van der Waals surface area contributed by atoms with Gasteiger partial charge in [0.05, 0.1) is 13.0 Å². The second-order valence-corrected chi connectivity index (χ2v) is 9.14. The van der Waals surface area contributed by atoms with E-state index in [0.29, 0.717) is 0 Å². The third-order valence-corrected chi connectivity index (χ3v) is 7.09. The fourth-order valence-electron chi connectivity index (χ4n) is 3.62. The first kappa shape index (κ1) is 20.3. The van der Waals surface area contributed by atoms with Gasteiger partial charge in [0.1, 0.15) is 6.10 Å². The Morgan fingerprint density at radius 2 is 1.53 bits per heavy atom. The molecule has 30 heavy (non-hydrogen) atoms. The van der Waals surface area contributed by atoms with E-state index < -0.39 is 21.3 Å². The number of rotatable bonds is 7. The summed E-state index contributed by atoms with van der Waals surface area (Å²) < 4.78 is 32.9. The first-order valence-corrected chi connectivity index (χ1v) is 11.2. The highest BCUT2D eigenvalue weighted by Crippen LogP contribution is 2.32. The summed E-state index contributed by atoms with van der Waals surface area (Å²) in [5.74, 6) is -0.249. The predicted molar refractivity (Wildman–Crippen MR) is 112 cm³/mol. The Kier molecular flexibility index (Phi) is 5.92. The van der Waals surface area contributed by atoms with Crippen molar-refractivity contribution in [3.8, 4) is 0 Å². The molecule has 2 aromatic carbocycles. The van der Waals surface area contributed by atoms with Crippen molar-refractivity contribution in [2.24, 2.45) is 0 Å². The Labute approximate surface area is 176 Å². The van der Waals surface area contributed by atoms with E-state index >= 15 is 0 Å². The molecule has 0 N–H and O–H groups in total. The molecule has 4 rings (SSSR count). The van der Waals surface area contributed by atoms with Crippen LogP contribution in [0.25, 0.3) is 0 Å². The zero-order valence-electron chi connectivity index (χ0n) is 16.3. The van der Waals surface area contributed by atoms with Crippen molar-refractivity contribution in [3.63, 3.8) is 0 Å². The number of likely N-dealkylation sites (tertiary alicyclic amines) is 1. The molecule has 154 valence electrons. The normalized spacial score (nSPS) is 19.2. The number of hydrogen-bond acceptors (Lipinski definition) is 5. The molecule has 3 aromatic rings. The first-order chi connectivity index (χ1) is 14.6. The topological polar surface area (TPSA) is 76.6 Å². The Hall–Kier alpha value is -3.03. The maximum absolute atomic E-state index is 13.5. The average molecular weight is 423 g/mol. The van der Waals surface area contributed by atoms with Crippen molar-refractivity contribution in [2.45, 2.75) is 36.1 Å². The summed E-state index contributed by atoms with van der Waals surface area (Å²) in [5.41, 5.74) is 1.77.